The molecule has 0 saturated carbocycles. The van der Waals surface area contributed by atoms with Gasteiger partial charge in [-0.1, -0.05) is 12.1 Å². The summed E-state index contributed by atoms with van der Waals surface area (Å²) in [4.78, 5) is 24.6. The number of amides is 2. The Hall–Kier alpha value is -1.88. The molecule has 5 heteroatoms. The number of nitrogens with two attached hydrogens (primary N) is 1. The molecule has 19 heavy (non-hydrogen) atoms. The maximum absolute atomic E-state index is 12.1. The highest BCUT2D eigenvalue weighted by Crippen LogP contribution is 2.08. The lowest BCUT2D eigenvalue weighted by Crippen LogP contribution is -2.39. The minimum absolute atomic E-state index is 0.00607. The van der Waals surface area contributed by atoms with E-state index in [1.54, 1.807) is 24.1 Å². The molecule has 1 unspecified atom stereocenters. The van der Waals surface area contributed by atoms with Crippen LogP contribution in [-0.2, 0) is 11.3 Å². The standard InChI is InChI=1S/C14H21N3O2/c1-10(8-15)17(3)14(19)13-6-4-12(5-7-13)9-16-11(2)18/h4-7,10H,8-9,15H2,1-3H3,(H,16,18). The summed E-state index contributed by atoms with van der Waals surface area (Å²) < 4.78 is 0. The van der Waals surface area contributed by atoms with Gasteiger partial charge in [0, 0.05) is 38.7 Å². The van der Waals surface area contributed by atoms with Gasteiger partial charge in [-0.15, -0.1) is 0 Å². The Bertz CT molecular complexity index is 443. The van der Waals surface area contributed by atoms with Crippen molar-refractivity contribution in [1.29, 1.82) is 0 Å². The first-order valence-electron chi connectivity index (χ1n) is 6.26. The molecule has 0 heterocycles. The van der Waals surface area contributed by atoms with Gasteiger partial charge in [0.05, 0.1) is 0 Å². The number of hydrogen-bond donors (Lipinski definition) is 2. The average Bonchev–Trinajstić information content (AvgIpc) is 2.43. The fourth-order valence-corrected chi connectivity index (χ4v) is 1.55. The smallest absolute Gasteiger partial charge is 0.253 e. The minimum atomic E-state index is -0.0725. The Morgan fingerprint density at radius 1 is 1.32 bits per heavy atom. The fraction of sp³-hybridized carbons (Fsp3) is 0.429. The van der Waals surface area contributed by atoms with E-state index in [4.69, 9.17) is 5.73 Å². The van der Waals surface area contributed by atoms with E-state index in [-0.39, 0.29) is 17.9 Å². The van der Waals surface area contributed by atoms with Gasteiger partial charge in [0.15, 0.2) is 0 Å². The van der Waals surface area contributed by atoms with Gasteiger partial charge in [0.25, 0.3) is 5.91 Å². The zero-order chi connectivity index (χ0) is 14.4. The second-order valence-electron chi connectivity index (χ2n) is 4.61. The number of nitrogens with one attached hydrogen (secondary N) is 1. The minimum Gasteiger partial charge on any atom is -0.352 e. The fourth-order valence-electron chi connectivity index (χ4n) is 1.55. The van der Waals surface area contributed by atoms with Gasteiger partial charge in [-0.3, -0.25) is 9.59 Å². The molecule has 1 aromatic rings. The Morgan fingerprint density at radius 3 is 2.37 bits per heavy atom. The molecule has 1 atom stereocenters. The van der Waals surface area contributed by atoms with Crippen LogP contribution in [-0.4, -0.2) is 36.3 Å². The van der Waals surface area contributed by atoms with E-state index in [1.165, 1.54) is 6.92 Å². The van der Waals surface area contributed by atoms with Gasteiger partial charge >= 0.3 is 0 Å². The first-order valence-corrected chi connectivity index (χ1v) is 6.26. The first kappa shape index (κ1) is 15.2. The Kier molecular flexibility index (Phi) is 5.51. The molecule has 0 aliphatic rings. The Morgan fingerprint density at radius 2 is 1.89 bits per heavy atom. The van der Waals surface area contributed by atoms with Crippen LogP contribution in [0.15, 0.2) is 24.3 Å². The molecule has 1 rings (SSSR count). The van der Waals surface area contributed by atoms with Crippen LogP contribution in [0.25, 0.3) is 0 Å². The van der Waals surface area contributed by atoms with Gasteiger partial charge in [0.2, 0.25) is 5.91 Å². The summed E-state index contributed by atoms with van der Waals surface area (Å²) in [6, 6.07) is 7.21. The summed E-state index contributed by atoms with van der Waals surface area (Å²) >= 11 is 0. The molecule has 0 aliphatic carbocycles. The van der Waals surface area contributed by atoms with E-state index >= 15 is 0 Å². The molecule has 2 amide bonds. The van der Waals surface area contributed by atoms with Gasteiger partial charge in [-0.25, -0.2) is 0 Å². The summed E-state index contributed by atoms with van der Waals surface area (Å²) in [5, 5.41) is 2.71. The lowest BCUT2D eigenvalue weighted by molar-refractivity contribution is -0.119. The van der Waals surface area contributed by atoms with E-state index < -0.39 is 0 Å². The summed E-state index contributed by atoms with van der Waals surface area (Å²) in [5.74, 6) is -0.124. The van der Waals surface area contributed by atoms with Gasteiger partial charge in [0.1, 0.15) is 0 Å². The third kappa shape index (κ3) is 4.37. The SMILES string of the molecule is CC(=O)NCc1ccc(C(=O)N(C)C(C)CN)cc1. The molecule has 0 bridgehead atoms. The maximum atomic E-state index is 12.1. The third-order valence-electron chi connectivity index (χ3n) is 3.06. The molecular formula is C14H21N3O2. The van der Waals surface area contributed by atoms with Crippen LogP contribution < -0.4 is 11.1 Å². The number of hydrogen-bond acceptors (Lipinski definition) is 3. The number of likely N-dealkylation sites (N-methyl/N-ethyl adjacent to an activating group) is 1. The molecule has 0 saturated heterocycles. The lowest BCUT2D eigenvalue weighted by Gasteiger charge is -2.23. The molecular weight excluding hydrogens is 242 g/mol. The molecule has 0 fully saturated rings. The molecule has 0 aromatic heterocycles. The largest absolute Gasteiger partial charge is 0.352 e. The van der Waals surface area contributed by atoms with E-state index in [0.717, 1.165) is 5.56 Å². The van der Waals surface area contributed by atoms with Gasteiger partial charge < -0.3 is 16.0 Å². The zero-order valence-corrected chi connectivity index (χ0v) is 11.6. The zero-order valence-electron chi connectivity index (χ0n) is 11.6. The second-order valence-corrected chi connectivity index (χ2v) is 4.61. The highest BCUT2D eigenvalue weighted by molar-refractivity contribution is 5.94. The van der Waals surface area contributed by atoms with Crippen LogP contribution >= 0.6 is 0 Å². The Balaban J connectivity index is 2.70. The number of rotatable bonds is 5. The van der Waals surface area contributed by atoms with E-state index in [2.05, 4.69) is 5.32 Å². The third-order valence-corrected chi connectivity index (χ3v) is 3.06. The maximum Gasteiger partial charge on any atom is 0.253 e. The molecule has 1 aromatic carbocycles. The number of carbonyl (C=O) groups excluding carboxylic acids is 2. The van der Waals surface area contributed by atoms with E-state index in [9.17, 15) is 9.59 Å². The predicted molar refractivity (Wildman–Crippen MR) is 74.6 cm³/mol. The summed E-state index contributed by atoms with van der Waals surface area (Å²) in [7, 11) is 1.74. The molecule has 104 valence electrons. The summed E-state index contributed by atoms with van der Waals surface area (Å²) in [6.45, 7) is 4.28. The van der Waals surface area contributed by atoms with Crippen LogP contribution in [0, 0.1) is 0 Å². The number of carbonyl (C=O) groups is 2. The van der Waals surface area contributed by atoms with Crippen molar-refractivity contribution >= 4 is 11.8 Å². The molecule has 0 radical (unpaired) electrons. The van der Waals surface area contributed by atoms with Crippen molar-refractivity contribution in [2.45, 2.75) is 26.4 Å². The molecule has 5 nitrogen and oxygen atoms in total. The van der Waals surface area contributed by atoms with Crippen molar-refractivity contribution in [3.63, 3.8) is 0 Å². The highest BCUT2D eigenvalue weighted by atomic mass is 16.2. The van der Waals surface area contributed by atoms with Crippen LogP contribution in [0.5, 0.6) is 0 Å². The normalized spacial score (nSPS) is 11.8. The number of benzene rings is 1. The first-order chi connectivity index (χ1) is 8.95. The average molecular weight is 263 g/mol. The van der Waals surface area contributed by atoms with Crippen LogP contribution in [0.1, 0.15) is 29.8 Å². The summed E-state index contributed by atoms with van der Waals surface area (Å²) in [5.41, 5.74) is 7.13. The summed E-state index contributed by atoms with van der Waals surface area (Å²) in [6.07, 6.45) is 0. The van der Waals surface area contributed by atoms with Crippen LogP contribution in [0.3, 0.4) is 0 Å². The van der Waals surface area contributed by atoms with Crippen molar-refractivity contribution in [1.82, 2.24) is 10.2 Å². The monoisotopic (exact) mass is 263 g/mol. The topological polar surface area (TPSA) is 75.4 Å². The van der Waals surface area contributed by atoms with E-state index in [0.29, 0.717) is 18.7 Å². The number of nitrogens with zero attached hydrogens (tertiary/aromatic N) is 1. The molecule has 0 aliphatic heterocycles. The molecule has 0 spiro atoms. The molecule has 3 N–H and O–H groups in total. The van der Waals surface area contributed by atoms with Crippen molar-refractivity contribution in [2.24, 2.45) is 5.73 Å². The van der Waals surface area contributed by atoms with E-state index in [1.807, 2.05) is 19.1 Å². The van der Waals surface area contributed by atoms with Crippen LogP contribution in [0.4, 0.5) is 0 Å². The quantitative estimate of drug-likeness (QED) is 0.823. The van der Waals surface area contributed by atoms with Crippen molar-refractivity contribution in [3.8, 4) is 0 Å². The van der Waals surface area contributed by atoms with Crippen molar-refractivity contribution in [2.75, 3.05) is 13.6 Å². The Labute approximate surface area is 113 Å². The van der Waals surface area contributed by atoms with Crippen molar-refractivity contribution < 1.29 is 9.59 Å². The van der Waals surface area contributed by atoms with Gasteiger partial charge in [-0.2, -0.15) is 0 Å². The highest BCUT2D eigenvalue weighted by Gasteiger charge is 2.15. The second kappa shape index (κ2) is 6.89. The van der Waals surface area contributed by atoms with Crippen molar-refractivity contribution in [3.05, 3.63) is 35.4 Å². The van der Waals surface area contributed by atoms with Crippen LogP contribution in [0.2, 0.25) is 0 Å². The lowest BCUT2D eigenvalue weighted by atomic mass is 10.1. The predicted octanol–water partition coefficient (Wildman–Crippen LogP) is 0.742. The van der Waals surface area contributed by atoms with Gasteiger partial charge in [-0.05, 0) is 24.6 Å².